The van der Waals surface area contributed by atoms with E-state index in [9.17, 15) is 9.59 Å². The first-order valence-electron chi connectivity index (χ1n) is 10.8. The number of halogens is 1. The van der Waals surface area contributed by atoms with Gasteiger partial charge >= 0.3 is 12.0 Å². The standard InChI is InChI=1S/C23H31ClN4O3/c1-4-11-28-19(16-27-14-12-26(5-2)13-15-27)20(22(29)31-6-3)21(25-23(28)30)17-7-9-18(24)10-8-17/h4,7-10,21H,1,5-6,11-16H2,2-3H3,(H,25,30)/t21-/m1/s1. The SMILES string of the molecule is C=CCN1C(=O)N[C@H](c2ccc(Cl)cc2)C(C(=O)OCC)=C1CN1CCN(CC)CC1. The molecule has 1 aromatic rings. The van der Waals surface area contributed by atoms with Gasteiger partial charge in [-0.25, -0.2) is 9.59 Å². The normalized spacial score (nSPS) is 20.5. The summed E-state index contributed by atoms with van der Waals surface area (Å²) in [4.78, 5) is 32.4. The molecule has 1 fully saturated rings. The first kappa shape index (κ1) is 23.3. The second-order valence-corrected chi connectivity index (χ2v) is 8.06. The molecule has 1 atom stereocenters. The Bertz CT molecular complexity index is 832. The summed E-state index contributed by atoms with van der Waals surface area (Å²) in [7, 11) is 0. The molecule has 31 heavy (non-hydrogen) atoms. The van der Waals surface area contributed by atoms with Gasteiger partial charge in [-0.2, -0.15) is 0 Å². The second kappa shape index (κ2) is 10.8. The molecule has 1 aromatic carbocycles. The van der Waals surface area contributed by atoms with Crippen molar-refractivity contribution < 1.29 is 14.3 Å². The molecular formula is C23H31ClN4O3. The third-order valence-electron chi connectivity index (χ3n) is 5.73. The van der Waals surface area contributed by atoms with Gasteiger partial charge in [0.15, 0.2) is 0 Å². The van der Waals surface area contributed by atoms with E-state index in [1.54, 1.807) is 30.0 Å². The monoisotopic (exact) mass is 446 g/mol. The van der Waals surface area contributed by atoms with Gasteiger partial charge in [0.2, 0.25) is 0 Å². The number of rotatable bonds is 8. The molecule has 168 valence electrons. The van der Waals surface area contributed by atoms with E-state index in [2.05, 4.69) is 28.6 Å². The Balaban J connectivity index is 2.03. The third kappa shape index (κ3) is 5.47. The molecule has 2 aliphatic heterocycles. The lowest BCUT2D eigenvalue weighted by Crippen LogP contribution is -2.53. The molecule has 8 heteroatoms. The van der Waals surface area contributed by atoms with Gasteiger partial charge in [0.25, 0.3) is 0 Å². The average molecular weight is 447 g/mol. The van der Waals surface area contributed by atoms with Crippen LogP contribution in [-0.4, -0.2) is 79.1 Å². The molecule has 3 rings (SSSR count). The predicted octanol–water partition coefficient (Wildman–Crippen LogP) is 3.05. The summed E-state index contributed by atoms with van der Waals surface area (Å²) in [6.45, 7) is 13.5. The van der Waals surface area contributed by atoms with Crippen LogP contribution in [0.1, 0.15) is 25.5 Å². The lowest BCUT2D eigenvalue weighted by atomic mass is 9.94. The average Bonchev–Trinajstić information content (AvgIpc) is 2.77. The summed E-state index contributed by atoms with van der Waals surface area (Å²) >= 11 is 6.05. The summed E-state index contributed by atoms with van der Waals surface area (Å²) in [5, 5.41) is 3.56. The maximum absolute atomic E-state index is 13.1. The lowest BCUT2D eigenvalue weighted by molar-refractivity contribution is -0.139. The highest BCUT2D eigenvalue weighted by atomic mass is 35.5. The first-order chi connectivity index (χ1) is 15.0. The minimum absolute atomic E-state index is 0.255. The van der Waals surface area contributed by atoms with E-state index >= 15 is 0 Å². The van der Waals surface area contributed by atoms with Crippen molar-refractivity contribution in [2.45, 2.75) is 19.9 Å². The Kier molecular flexibility index (Phi) is 8.12. The highest BCUT2D eigenvalue weighted by Crippen LogP contribution is 2.32. The molecule has 0 spiro atoms. The smallest absolute Gasteiger partial charge is 0.338 e. The van der Waals surface area contributed by atoms with Crippen molar-refractivity contribution in [1.29, 1.82) is 0 Å². The van der Waals surface area contributed by atoms with Crippen molar-refractivity contribution in [3.63, 3.8) is 0 Å². The third-order valence-corrected chi connectivity index (χ3v) is 5.99. The number of urea groups is 1. The van der Waals surface area contributed by atoms with Crippen LogP contribution in [0.2, 0.25) is 5.02 Å². The number of nitrogens with one attached hydrogen (secondary N) is 1. The highest BCUT2D eigenvalue weighted by Gasteiger charge is 2.38. The Hall–Kier alpha value is -2.35. The molecular weight excluding hydrogens is 416 g/mol. The van der Waals surface area contributed by atoms with Gasteiger partial charge in [0.05, 0.1) is 18.2 Å². The molecule has 2 heterocycles. The van der Waals surface area contributed by atoms with Crippen LogP contribution in [0.3, 0.4) is 0 Å². The molecule has 0 radical (unpaired) electrons. The van der Waals surface area contributed by atoms with E-state index in [0.717, 1.165) is 38.3 Å². The zero-order chi connectivity index (χ0) is 22.4. The molecule has 2 amide bonds. The van der Waals surface area contributed by atoms with Crippen LogP contribution in [0.25, 0.3) is 0 Å². The van der Waals surface area contributed by atoms with Gasteiger partial charge in [-0.3, -0.25) is 9.80 Å². The zero-order valence-corrected chi connectivity index (χ0v) is 19.0. The molecule has 0 aromatic heterocycles. The summed E-state index contributed by atoms with van der Waals surface area (Å²) < 4.78 is 5.42. The van der Waals surface area contributed by atoms with E-state index < -0.39 is 12.0 Å². The number of ether oxygens (including phenoxy) is 1. The van der Waals surface area contributed by atoms with Gasteiger partial charge in [0, 0.05) is 50.0 Å². The van der Waals surface area contributed by atoms with Gasteiger partial charge < -0.3 is 15.0 Å². The predicted molar refractivity (Wildman–Crippen MR) is 122 cm³/mol. The lowest BCUT2D eigenvalue weighted by Gasteiger charge is -2.40. The fourth-order valence-electron chi connectivity index (χ4n) is 4.03. The minimum Gasteiger partial charge on any atom is -0.463 e. The van der Waals surface area contributed by atoms with Crippen molar-refractivity contribution in [3.05, 3.63) is 58.8 Å². The number of piperazine rings is 1. The Morgan fingerprint density at radius 1 is 1.19 bits per heavy atom. The van der Waals surface area contributed by atoms with Gasteiger partial charge in [-0.1, -0.05) is 36.7 Å². The molecule has 0 unspecified atom stereocenters. The van der Waals surface area contributed by atoms with Crippen molar-refractivity contribution in [2.75, 3.05) is 52.4 Å². The Morgan fingerprint density at radius 3 is 2.42 bits per heavy atom. The van der Waals surface area contributed by atoms with E-state index in [-0.39, 0.29) is 12.6 Å². The second-order valence-electron chi connectivity index (χ2n) is 7.62. The van der Waals surface area contributed by atoms with Crippen LogP contribution in [0.5, 0.6) is 0 Å². The van der Waals surface area contributed by atoms with Crippen molar-refractivity contribution in [2.24, 2.45) is 0 Å². The van der Waals surface area contributed by atoms with Crippen molar-refractivity contribution in [3.8, 4) is 0 Å². The number of esters is 1. The van der Waals surface area contributed by atoms with Crippen molar-refractivity contribution in [1.82, 2.24) is 20.0 Å². The number of carbonyl (C=O) groups is 2. The quantitative estimate of drug-likeness (QED) is 0.491. The number of nitrogens with zero attached hydrogens (tertiary/aromatic N) is 3. The molecule has 0 saturated carbocycles. The molecule has 1 saturated heterocycles. The highest BCUT2D eigenvalue weighted by molar-refractivity contribution is 6.30. The van der Waals surface area contributed by atoms with Gasteiger partial charge in [-0.15, -0.1) is 6.58 Å². The summed E-state index contributed by atoms with van der Waals surface area (Å²) in [6.07, 6.45) is 1.67. The van der Waals surface area contributed by atoms with Gasteiger partial charge in [0.1, 0.15) is 0 Å². The van der Waals surface area contributed by atoms with E-state index in [1.165, 1.54) is 0 Å². The van der Waals surface area contributed by atoms with E-state index in [4.69, 9.17) is 16.3 Å². The molecule has 2 aliphatic rings. The van der Waals surface area contributed by atoms with Crippen molar-refractivity contribution >= 4 is 23.6 Å². The number of amides is 2. The van der Waals surface area contributed by atoms with Crippen LogP contribution in [0.4, 0.5) is 4.79 Å². The number of benzene rings is 1. The summed E-state index contributed by atoms with van der Waals surface area (Å²) in [6, 6.07) is 6.31. The molecule has 0 aliphatic carbocycles. The number of likely N-dealkylation sites (N-methyl/N-ethyl adjacent to an activating group) is 1. The maximum atomic E-state index is 13.1. The molecule has 0 bridgehead atoms. The topological polar surface area (TPSA) is 65.1 Å². The van der Waals surface area contributed by atoms with Crippen LogP contribution < -0.4 is 5.32 Å². The zero-order valence-electron chi connectivity index (χ0n) is 18.3. The number of hydrogen-bond donors (Lipinski definition) is 1. The number of hydrogen-bond acceptors (Lipinski definition) is 5. The van der Waals surface area contributed by atoms with Crippen LogP contribution in [0.15, 0.2) is 48.2 Å². The summed E-state index contributed by atoms with van der Waals surface area (Å²) in [5.74, 6) is -0.418. The fraction of sp³-hybridized carbons (Fsp3) is 0.478. The van der Waals surface area contributed by atoms with Crippen LogP contribution in [0, 0.1) is 0 Å². The van der Waals surface area contributed by atoms with Gasteiger partial charge in [-0.05, 0) is 31.2 Å². The largest absolute Gasteiger partial charge is 0.463 e. The fourth-order valence-corrected chi connectivity index (χ4v) is 4.15. The van der Waals surface area contributed by atoms with Crippen LogP contribution in [-0.2, 0) is 9.53 Å². The van der Waals surface area contributed by atoms with Crippen LogP contribution >= 0.6 is 11.6 Å². The molecule has 7 nitrogen and oxygen atoms in total. The van der Waals surface area contributed by atoms with E-state index in [1.807, 2.05) is 12.1 Å². The minimum atomic E-state index is -0.600. The molecule has 1 N–H and O–H groups in total. The first-order valence-corrected chi connectivity index (χ1v) is 11.2. The number of carbonyl (C=O) groups excluding carboxylic acids is 2. The van der Waals surface area contributed by atoms with E-state index in [0.29, 0.717) is 29.4 Å². The Labute approximate surface area is 189 Å². The summed E-state index contributed by atoms with van der Waals surface area (Å²) in [5.41, 5.74) is 1.92. The maximum Gasteiger partial charge on any atom is 0.338 e. The Morgan fingerprint density at radius 2 is 1.84 bits per heavy atom.